The second kappa shape index (κ2) is 5.20. The van der Waals surface area contributed by atoms with E-state index in [-0.39, 0.29) is 12.6 Å². The van der Waals surface area contributed by atoms with Crippen molar-refractivity contribution >= 4 is 11.9 Å². The molecule has 0 bridgehead atoms. The molecule has 2 saturated heterocycles. The molecule has 0 aromatic carbocycles. The minimum absolute atomic E-state index is 0.225. The lowest BCUT2D eigenvalue weighted by atomic mass is 9.67. The highest BCUT2D eigenvalue weighted by Gasteiger charge is 2.70. The molecule has 2 spiro atoms. The fourth-order valence-corrected chi connectivity index (χ4v) is 4.20. The minimum Gasteiger partial charge on any atom is -0.464 e. The van der Waals surface area contributed by atoms with Gasteiger partial charge in [0.25, 0.3) is 0 Å². The maximum absolute atomic E-state index is 12.5. The van der Waals surface area contributed by atoms with E-state index in [2.05, 4.69) is 0 Å². The predicted molar refractivity (Wildman–Crippen MR) is 75.9 cm³/mol. The van der Waals surface area contributed by atoms with E-state index in [4.69, 9.17) is 18.9 Å². The Kier molecular flexibility index (Phi) is 3.72. The molecular weight excluding hydrogens is 288 g/mol. The maximum Gasteiger partial charge on any atom is 0.338 e. The molecule has 0 aromatic heterocycles. The first-order valence-electron chi connectivity index (χ1n) is 8.11. The maximum atomic E-state index is 12.5. The summed E-state index contributed by atoms with van der Waals surface area (Å²) in [7, 11) is 0. The largest absolute Gasteiger partial charge is 0.464 e. The first-order valence-corrected chi connectivity index (χ1v) is 8.11. The first-order chi connectivity index (χ1) is 10.3. The lowest BCUT2D eigenvalue weighted by Crippen LogP contribution is -2.63. The van der Waals surface area contributed by atoms with Gasteiger partial charge in [0.1, 0.15) is 11.2 Å². The molecule has 6 nitrogen and oxygen atoms in total. The van der Waals surface area contributed by atoms with Gasteiger partial charge < -0.3 is 18.9 Å². The van der Waals surface area contributed by atoms with E-state index in [1.54, 1.807) is 20.8 Å². The lowest BCUT2D eigenvalue weighted by Gasteiger charge is -2.48. The Balaban J connectivity index is 2.02. The summed E-state index contributed by atoms with van der Waals surface area (Å²) >= 11 is 0. The van der Waals surface area contributed by atoms with Gasteiger partial charge in [0.15, 0.2) is 11.9 Å². The van der Waals surface area contributed by atoms with Crippen molar-refractivity contribution < 1.29 is 28.5 Å². The number of hydrogen-bond acceptors (Lipinski definition) is 6. The monoisotopic (exact) mass is 312 g/mol. The van der Waals surface area contributed by atoms with Gasteiger partial charge in [-0.15, -0.1) is 0 Å². The number of carbonyl (C=O) groups excluding carboxylic acids is 2. The van der Waals surface area contributed by atoms with Crippen molar-refractivity contribution in [1.82, 2.24) is 0 Å². The third kappa shape index (κ3) is 2.24. The molecule has 2 heterocycles. The van der Waals surface area contributed by atoms with Crippen LogP contribution >= 0.6 is 0 Å². The van der Waals surface area contributed by atoms with Crippen LogP contribution in [-0.4, -0.2) is 41.6 Å². The summed E-state index contributed by atoms with van der Waals surface area (Å²) in [6.45, 7) is 5.61. The Labute approximate surface area is 130 Å². The molecule has 6 heteroatoms. The van der Waals surface area contributed by atoms with E-state index in [1.807, 2.05) is 0 Å². The smallest absolute Gasteiger partial charge is 0.338 e. The van der Waals surface area contributed by atoms with E-state index in [0.717, 1.165) is 12.8 Å². The fourth-order valence-electron chi connectivity index (χ4n) is 4.20. The molecule has 0 aromatic rings. The van der Waals surface area contributed by atoms with Crippen molar-refractivity contribution in [3.05, 3.63) is 0 Å². The quantitative estimate of drug-likeness (QED) is 0.727. The van der Waals surface area contributed by atoms with Gasteiger partial charge in [-0.3, -0.25) is 4.79 Å². The lowest BCUT2D eigenvalue weighted by molar-refractivity contribution is -0.231. The van der Waals surface area contributed by atoms with Gasteiger partial charge in [0, 0.05) is 12.8 Å². The molecule has 0 unspecified atom stereocenters. The molecule has 1 aliphatic carbocycles. The van der Waals surface area contributed by atoms with Crippen LogP contribution in [0.3, 0.4) is 0 Å². The molecule has 22 heavy (non-hydrogen) atoms. The van der Waals surface area contributed by atoms with Crippen LogP contribution < -0.4 is 0 Å². The Morgan fingerprint density at radius 2 is 2.00 bits per heavy atom. The van der Waals surface area contributed by atoms with Crippen LogP contribution in [0.2, 0.25) is 0 Å². The Hall–Kier alpha value is -1.14. The van der Waals surface area contributed by atoms with Gasteiger partial charge in [0.2, 0.25) is 0 Å². The van der Waals surface area contributed by atoms with E-state index in [9.17, 15) is 9.59 Å². The molecule has 3 rings (SSSR count). The van der Waals surface area contributed by atoms with Crippen LogP contribution in [0.4, 0.5) is 0 Å². The highest BCUT2D eigenvalue weighted by atomic mass is 16.8. The number of carbonyl (C=O) groups is 2. The Bertz CT molecular complexity index is 487. The summed E-state index contributed by atoms with van der Waals surface area (Å²) in [6, 6.07) is 0. The van der Waals surface area contributed by atoms with E-state index < -0.39 is 29.1 Å². The van der Waals surface area contributed by atoms with Crippen LogP contribution in [0.15, 0.2) is 0 Å². The van der Waals surface area contributed by atoms with Crippen molar-refractivity contribution in [2.45, 2.75) is 82.4 Å². The third-order valence-corrected chi connectivity index (χ3v) is 4.95. The van der Waals surface area contributed by atoms with Gasteiger partial charge in [-0.2, -0.15) is 0 Å². The number of hydrogen-bond donors (Lipinski definition) is 0. The van der Waals surface area contributed by atoms with Crippen LogP contribution in [-0.2, 0) is 28.5 Å². The summed E-state index contributed by atoms with van der Waals surface area (Å²) in [5, 5.41) is 0. The molecule has 1 saturated carbocycles. The highest BCUT2D eigenvalue weighted by molar-refractivity contribution is 5.78. The third-order valence-electron chi connectivity index (χ3n) is 4.95. The molecule has 124 valence electrons. The zero-order valence-corrected chi connectivity index (χ0v) is 13.5. The molecule has 3 aliphatic rings. The SMILES string of the molecule is CCOC(=O)[C@H]1OC(C)(C)O[C@@]12CCCC[C@@]21CCC(=O)O1. The van der Waals surface area contributed by atoms with Crippen molar-refractivity contribution in [3.8, 4) is 0 Å². The van der Waals surface area contributed by atoms with Crippen LogP contribution in [0.25, 0.3) is 0 Å². The number of fused-ring (bicyclic) bond motifs is 1. The summed E-state index contributed by atoms with van der Waals surface area (Å²) in [6.07, 6.45) is 3.28. The van der Waals surface area contributed by atoms with Gasteiger partial charge in [-0.1, -0.05) is 6.42 Å². The standard InChI is InChI=1S/C16H24O6/c1-4-19-13(18)12-16(22-14(2,3)21-12)9-6-5-8-15(16)10-7-11(17)20-15/h12H,4-10H2,1-3H3/t12-,15-,16+/m1/s1. The Morgan fingerprint density at radius 3 is 2.64 bits per heavy atom. The van der Waals surface area contributed by atoms with Crippen molar-refractivity contribution in [2.75, 3.05) is 6.61 Å². The second-order valence-corrected chi connectivity index (χ2v) is 6.82. The van der Waals surface area contributed by atoms with E-state index in [0.29, 0.717) is 25.7 Å². The average Bonchev–Trinajstić information content (AvgIpc) is 2.94. The Morgan fingerprint density at radius 1 is 1.27 bits per heavy atom. The van der Waals surface area contributed by atoms with Crippen molar-refractivity contribution in [3.63, 3.8) is 0 Å². The zero-order chi connectivity index (χ0) is 16.0. The first kappa shape index (κ1) is 15.7. The van der Waals surface area contributed by atoms with Crippen LogP contribution in [0.5, 0.6) is 0 Å². The predicted octanol–water partition coefficient (Wildman–Crippen LogP) is 2.09. The number of rotatable bonds is 2. The summed E-state index contributed by atoms with van der Waals surface area (Å²) < 4.78 is 23.1. The molecular formula is C16H24O6. The summed E-state index contributed by atoms with van der Waals surface area (Å²) in [4.78, 5) is 24.2. The average molecular weight is 312 g/mol. The molecule has 2 aliphatic heterocycles. The van der Waals surface area contributed by atoms with Crippen LogP contribution in [0, 0.1) is 0 Å². The molecule has 0 radical (unpaired) electrons. The van der Waals surface area contributed by atoms with Gasteiger partial charge in [-0.25, -0.2) is 4.79 Å². The molecule has 0 N–H and O–H groups in total. The van der Waals surface area contributed by atoms with Gasteiger partial charge in [0.05, 0.1) is 6.61 Å². The normalized spacial score (nSPS) is 40.1. The highest BCUT2D eigenvalue weighted by Crippen LogP contribution is 2.56. The van der Waals surface area contributed by atoms with Crippen molar-refractivity contribution in [1.29, 1.82) is 0 Å². The molecule has 3 fully saturated rings. The van der Waals surface area contributed by atoms with Crippen molar-refractivity contribution in [2.24, 2.45) is 0 Å². The number of esters is 2. The molecule has 0 amide bonds. The van der Waals surface area contributed by atoms with E-state index >= 15 is 0 Å². The van der Waals surface area contributed by atoms with Gasteiger partial charge in [-0.05, 0) is 40.0 Å². The summed E-state index contributed by atoms with van der Waals surface area (Å²) in [5.74, 6) is -1.56. The number of ether oxygens (including phenoxy) is 4. The van der Waals surface area contributed by atoms with Crippen LogP contribution in [0.1, 0.15) is 59.3 Å². The minimum atomic E-state index is -0.937. The molecule has 3 atom stereocenters. The van der Waals surface area contributed by atoms with E-state index in [1.165, 1.54) is 0 Å². The zero-order valence-electron chi connectivity index (χ0n) is 13.5. The fraction of sp³-hybridized carbons (Fsp3) is 0.875. The van der Waals surface area contributed by atoms with Gasteiger partial charge >= 0.3 is 11.9 Å². The second-order valence-electron chi connectivity index (χ2n) is 6.82. The topological polar surface area (TPSA) is 71.1 Å². The summed E-state index contributed by atoms with van der Waals surface area (Å²) in [5.41, 5.74) is -1.71.